The van der Waals surface area contributed by atoms with E-state index in [-0.39, 0.29) is 17.0 Å². The molecule has 9 nitrogen and oxygen atoms in total. The summed E-state index contributed by atoms with van der Waals surface area (Å²) in [7, 11) is 1.27. The summed E-state index contributed by atoms with van der Waals surface area (Å²) in [5.74, 6) is -1.66. The van der Waals surface area contributed by atoms with Crippen LogP contribution in [0.4, 0.5) is 0 Å². The van der Waals surface area contributed by atoms with Crippen molar-refractivity contribution in [1.29, 1.82) is 0 Å². The average molecular weight is 498 g/mol. The van der Waals surface area contributed by atoms with E-state index in [1.54, 1.807) is 38.1 Å². The number of aromatic amines is 1. The van der Waals surface area contributed by atoms with Crippen LogP contribution < -0.4 is 4.74 Å². The lowest BCUT2D eigenvalue weighted by molar-refractivity contribution is -0.140. The second kappa shape index (κ2) is 11.4. The average Bonchev–Trinajstić information content (AvgIpc) is 3.31. The number of aromatic nitrogens is 1. The number of aryl methyl sites for hydroxylation is 1. The van der Waals surface area contributed by atoms with Gasteiger partial charge in [-0.05, 0) is 57.1 Å². The van der Waals surface area contributed by atoms with Gasteiger partial charge < -0.3 is 29.4 Å². The first-order valence-corrected chi connectivity index (χ1v) is 12.2. The Morgan fingerprint density at radius 1 is 1.11 bits per heavy atom. The van der Waals surface area contributed by atoms with Crippen molar-refractivity contribution in [2.75, 3.05) is 39.9 Å². The number of carbonyl (C=O) groups is 3. The first kappa shape index (κ1) is 27.0. The molecular weight excluding hydrogens is 462 g/mol. The zero-order valence-electron chi connectivity index (χ0n) is 21.8. The predicted octanol–water partition coefficient (Wildman–Crippen LogP) is 3.58. The van der Waals surface area contributed by atoms with E-state index < -0.39 is 23.7 Å². The maximum atomic E-state index is 13.3. The summed E-state index contributed by atoms with van der Waals surface area (Å²) in [6, 6.07) is 6.38. The molecule has 1 aromatic carbocycles. The van der Waals surface area contributed by atoms with E-state index >= 15 is 0 Å². The lowest BCUT2D eigenvalue weighted by Crippen LogP contribution is -2.38. The van der Waals surface area contributed by atoms with Crippen molar-refractivity contribution in [1.82, 2.24) is 14.8 Å². The van der Waals surface area contributed by atoms with Crippen molar-refractivity contribution < 1.29 is 29.0 Å². The molecule has 9 heteroatoms. The van der Waals surface area contributed by atoms with Gasteiger partial charge in [-0.15, -0.1) is 0 Å². The van der Waals surface area contributed by atoms with E-state index in [2.05, 4.69) is 9.88 Å². The number of benzene rings is 1. The standard InChI is InChI=1S/C27H35N3O6/c1-7-29(8-2)14-15-30-23(18-10-12-19(13-11-18)36-9-3)21(25(32)26(30)33)24(31)20-16(4)22(27(34)35-6)28-17(20)5/h10-13,23,28,31H,7-9,14-15H2,1-6H3/b24-21+/t23-/m1/s1. The fourth-order valence-electron chi connectivity index (χ4n) is 4.71. The molecule has 2 N–H and O–H groups in total. The van der Waals surface area contributed by atoms with Crippen molar-refractivity contribution in [2.24, 2.45) is 0 Å². The fraction of sp³-hybridized carbons (Fsp3) is 0.444. The molecule has 36 heavy (non-hydrogen) atoms. The smallest absolute Gasteiger partial charge is 0.354 e. The van der Waals surface area contributed by atoms with E-state index in [0.29, 0.717) is 47.8 Å². The number of nitrogens with zero attached hydrogens (tertiary/aromatic N) is 2. The molecule has 1 aliphatic rings. The third kappa shape index (κ3) is 5.02. The normalized spacial score (nSPS) is 17.2. The third-order valence-electron chi connectivity index (χ3n) is 6.66. The number of aliphatic hydroxyl groups is 1. The number of rotatable bonds is 10. The molecule has 3 rings (SSSR count). The Kier molecular flexibility index (Phi) is 8.57. The molecule has 1 amide bonds. The van der Waals surface area contributed by atoms with Crippen LogP contribution in [0.25, 0.3) is 5.76 Å². The number of hydrogen-bond donors (Lipinski definition) is 2. The lowest BCUT2D eigenvalue weighted by Gasteiger charge is -2.28. The van der Waals surface area contributed by atoms with Crippen LogP contribution in [-0.2, 0) is 14.3 Å². The number of ketones is 1. The van der Waals surface area contributed by atoms with Crippen LogP contribution in [0.2, 0.25) is 0 Å². The van der Waals surface area contributed by atoms with E-state index in [9.17, 15) is 19.5 Å². The Morgan fingerprint density at radius 2 is 1.75 bits per heavy atom. The number of H-pyrrole nitrogens is 1. The predicted molar refractivity (Wildman–Crippen MR) is 136 cm³/mol. The summed E-state index contributed by atoms with van der Waals surface area (Å²) in [4.78, 5) is 45.4. The molecule has 194 valence electrons. The highest BCUT2D eigenvalue weighted by molar-refractivity contribution is 6.46. The topological polar surface area (TPSA) is 112 Å². The van der Waals surface area contributed by atoms with Crippen LogP contribution in [-0.4, -0.2) is 77.4 Å². The number of carbonyl (C=O) groups excluding carboxylic acids is 3. The van der Waals surface area contributed by atoms with E-state index in [1.807, 2.05) is 20.8 Å². The summed E-state index contributed by atoms with van der Waals surface area (Å²) in [5, 5.41) is 11.5. The number of likely N-dealkylation sites (tertiary alicyclic amines) is 1. The molecule has 0 aliphatic carbocycles. The molecule has 2 aromatic rings. The van der Waals surface area contributed by atoms with E-state index in [0.717, 1.165) is 13.1 Å². The second-order valence-corrected chi connectivity index (χ2v) is 8.64. The van der Waals surface area contributed by atoms with Gasteiger partial charge in [0.2, 0.25) is 0 Å². The van der Waals surface area contributed by atoms with Gasteiger partial charge in [-0.25, -0.2) is 4.79 Å². The van der Waals surface area contributed by atoms with Gasteiger partial charge in [0.25, 0.3) is 11.7 Å². The number of amides is 1. The Morgan fingerprint density at radius 3 is 2.31 bits per heavy atom. The monoisotopic (exact) mass is 497 g/mol. The number of ether oxygens (including phenoxy) is 2. The molecule has 1 aliphatic heterocycles. The molecule has 0 radical (unpaired) electrons. The highest BCUT2D eigenvalue weighted by Gasteiger charge is 2.46. The number of hydrogen-bond acceptors (Lipinski definition) is 7. The van der Waals surface area contributed by atoms with Gasteiger partial charge in [0.15, 0.2) is 0 Å². The molecule has 1 fully saturated rings. The van der Waals surface area contributed by atoms with Crippen molar-refractivity contribution in [3.63, 3.8) is 0 Å². The maximum Gasteiger partial charge on any atom is 0.354 e. The van der Waals surface area contributed by atoms with Crippen LogP contribution in [0.3, 0.4) is 0 Å². The molecule has 1 saturated heterocycles. The number of likely N-dealkylation sites (N-methyl/N-ethyl adjacent to an activating group) is 1. The minimum atomic E-state index is -0.786. The van der Waals surface area contributed by atoms with Gasteiger partial charge in [-0.3, -0.25) is 9.59 Å². The number of Topliss-reactive ketones (excluding diaryl/α,β-unsaturated/α-hetero) is 1. The van der Waals surface area contributed by atoms with Crippen LogP contribution in [0, 0.1) is 13.8 Å². The first-order valence-electron chi connectivity index (χ1n) is 12.2. The molecule has 1 atom stereocenters. The van der Waals surface area contributed by atoms with Crippen LogP contribution in [0.1, 0.15) is 59.7 Å². The molecule has 0 bridgehead atoms. The van der Waals surface area contributed by atoms with Crippen LogP contribution in [0.5, 0.6) is 5.75 Å². The van der Waals surface area contributed by atoms with E-state index in [1.165, 1.54) is 12.0 Å². The number of esters is 1. The van der Waals surface area contributed by atoms with E-state index in [4.69, 9.17) is 9.47 Å². The van der Waals surface area contributed by atoms with Crippen molar-refractivity contribution >= 4 is 23.4 Å². The van der Waals surface area contributed by atoms with Gasteiger partial charge in [0.1, 0.15) is 17.2 Å². The summed E-state index contributed by atoms with van der Waals surface area (Å²) < 4.78 is 10.4. The summed E-state index contributed by atoms with van der Waals surface area (Å²) in [6.07, 6.45) is 0. The molecule has 1 aromatic heterocycles. The van der Waals surface area contributed by atoms with Gasteiger partial charge in [0, 0.05) is 24.3 Å². The second-order valence-electron chi connectivity index (χ2n) is 8.64. The number of nitrogens with one attached hydrogen (secondary N) is 1. The highest BCUT2D eigenvalue weighted by Crippen LogP contribution is 2.41. The van der Waals surface area contributed by atoms with Gasteiger partial charge in [0.05, 0.1) is 25.3 Å². The molecular formula is C27H35N3O6. The van der Waals surface area contributed by atoms with Gasteiger partial charge in [-0.2, -0.15) is 0 Å². The minimum Gasteiger partial charge on any atom is -0.507 e. The number of methoxy groups -OCH3 is 1. The largest absolute Gasteiger partial charge is 0.507 e. The molecule has 2 heterocycles. The lowest BCUT2D eigenvalue weighted by atomic mass is 9.94. The third-order valence-corrected chi connectivity index (χ3v) is 6.66. The Hall–Kier alpha value is -3.59. The SMILES string of the molecule is CCOc1ccc([C@@H]2/C(=C(\O)c3c(C)[nH]c(C(=O)OC)c3C)C(=O)C(=O)N2CCN(CC)CC)cc1. The first-order chi connectivity index (χ1) is 17.2. The summed E-state index contributed by atoms with van der Waals surface area (Å²) >= 11 is 0. The summed E-state index contributed by atoms with van der Waals surface area (Å²) in [6.45, 7) is 12.4. The number of aliphatic hydroxyl groups excluding tert-OH is 1. The minimum absolute atomic E-state index is 0.00896. The van der Waals surface area contributed by atoms with Gasteiger partial charge in [-0.1, -0.05) is 26.0 Å². The zero-order valence-corrected chi connectivity index (χ0v) is 21.8. The van der Waals surface area contributed by atoms with Crippen molar-refractivity contribution in [3.8, 4) is 5.75 Å². The molecule has 0 unspecified atom stereocenters. The maximum absolute atomic E-state index is 13.3. The molecule has 0 saturated carbocycles. The fourth-order valence-corrected chi connectivity index (χ4v) is 4.71. The van der Waals surface area contributed by atoms with Crippen LogP contribution in [0.15, 0.2) is 29.8 Å². The quantitative estimate of drug-likeness (QED) is 0.223. The van der Waals surface area contributed by atoms with Crippen LogP contribution >= 0.6 is 0 Å². The van der Waals surface area contributed by atoms with Gasteiger partial charge >= 0.3 is 5.97 Å². The zero-order chi connectivity index (χ0) is 26.6. The Bertz CT molecular complexity index is 1160. The Balaban J connectivity index is 2.16. The Labute approximate surface area is 211 Å². The summed E-state index contributed by atoms with van der Waals surface area (Å²) in [5.41, 5.74) is 2.10. The molecule has 0 spiro atoms. The van der Waals surface area contributed by atoms with Crippen molar-refractivity contribution in [2.45, 2.75) is 40.7 Å². The highest BCUT2D eigenvalue weighted by atomic mass is 16.5. The van der Waals surface area contributed by atoms with Crippen molar-refractivity contribution in [3.05, 3.63) is 57.9 Å².